The third-order valence-corrected chi connectivity index (χ3v) is 6.47. The maximum atomic E-state index is 13.7. The van der Waals surface area contributed by atoms with Gasteiger partial charge in [-0.25, -0.2) is 9.69 Å². The van der Waals surface area contributed by atoms with Crippen molar-refractivity contribution < 1.29 is 24.0 Å². The second-order valence-electron chi connectivity index (χ2n) is 8.19. The van der Waals surface area contributed by atoms with Crippen LogP contribution < -0.4 is 4.90 Å². The van der Waals surface area contributed by atoms with Crippen molar-refractivity contribution in [3.8, 4) is 0 Å². The molecule has 10 nitrogen and oxygen atoms in total. The van der Waals surface area contributed by atoms with Crippen LogP contribution in [0.5, 0.6) is 0 Å². The van der Waals surface area contributed by atoms with Crippen LogP contribution in [-0.4, -0.2) is 46.6 Å². The highest BCUT2D eigenvalue weighted by molar-refractivity contribution is 6.24. The third-order valence-electron chi connectivity index (χ3n) is 6.47. The second kappa shape index (κ2) is 7.51. The van der Waals surface area contributed by atoms with E-state index in [0.29, 0.717) is 5.56 Å². The lowest BCUT2D eigenvalue weighted by atomic mass is 9.85. The van der Waals surface area contributed by atoms with Crippen molar-refractivity contribution in [2.45, 2.75) is 25.9 Å². The van der Waals surface area contributed by atoms with E-state index in [2.05, 4.69) is 5.10 Å². The molecule has 0 unspecified atom stereocenters. The van der Waals surface area contributed by atoms with Gasteiger partial charge in [0.25, 0.3) is 5.69 Å². The number of benzene rings is 2. The van der Waals surface area contributed by atoms with Crippen LogP contribution in [0.4, 0.5) is 11.4 Å². The van der Waals surface area contributed by atoms with Crippen LogP contribution in [0.1, 0.15) is 29.7 Å². The van der Waals surface area contributed by atoms with E-state index in [4.69, 9.17) is 4.74 Å². The Kier molecular flexibility index (Phi) is 4.73. The molecular formula is C23H20N4O6. The lowest BCUT2D eigenvalue weighted by Gasteiger charge is -2.33. The lowest BCUT2D eigenvalue weighted by Crippen LogP contribution is -2.45. The number of nitrogens with zero attached hydrogens (tertiary/aromatic N) is 4. The highest BCUT2D eigenvalue weighted by Crippen LogP contribution is 2.53. The Morgan fingerprint density at radius 2 is 1.88 bits per heavy atom. The van der Waals surface area contributed by atoms with Crippen molar-refractivity contribution in [2.24, 2.45) is 16.9 Å². The minimum atomic E-state index is -1.08. The number of nitro groups is 1. The second-order valence-corrected chi connectivity index (χ2v) is 8.19. The summed E-state index contributed by atoms with van der Waals surface area (Å²) in [6.45, 7) is 3.45. The van der Waals surface area contributed by atoms with Gasteiger partial charge in [-0.15, -0.1) is 0 Å². The number of amides is 2. The summed E-state index contributed by atoms with van der Waals surface area (Å²) in [6.07, 6.45) is 1.61. The summed E-state index contributed by atoms with van der Waals surface area (Å²) in [7, 11) is 0. The van der Waals surface area contributed by atoms with Gasteiger partial charge in [-0.3, -0.25) is 24.7 Å². The fraction of sp³-hybridized carbons (Fsp3) is 0.304. The fourth-order valence-corrected chi connectivity index (χ4v) is 5.06. The molecule has 2 aromatic carbocycles. The van der Waals surface area contributed by atoms with Crippen LogP contribution in [-0.2, 0) is 19.1 Å². The number of rotatable bonds is 4. The van der Waals surface area contributed by atoms with Crippen molar-refractivity contribution in [3.63, 3.8) is 0 Å². The Hall–Kier alpha value is -4.08. The molecule has 0 aliphatic carbocycles. The molecule has 3 aliphatic heterocycles. The standard InChI is InChI=1S/C23H20N4O6/c1-3-33-23(30)20-18-17(19-15-7-5-4-6-13(15)11-24-26(19)20)21(28)25(22(18)29)16-10-14(27(31)32)9-8-12(16)2/h4-11,17-20H,3H2,1-2H3/t17-,18+,19+,20-/m0/s1. The molecule has 4 atom stereocenters. The number of fused-ring (bicyclic) bond motifs is 5. The van der Waals surface area contributed by atoms with Gasteiger partial charge < -0.3 is 4.74 Å². The van der Waals surface area contributed by atoms with Gasteiger partial charge in [0, 0.05) is 12.1 Å². The monoisotopic (exact) mass is 448 g/mol. The number of hydrogen-bond acceptors (Lipinski definition) is 8. The van der Waals surface area contributed by atoms with Gasteiger partial charge in [0.05, 0.1) is 41.3 Å². The van der Waals surface area contributed by atoms with Gasteiger partial charge in [0.1, 0.15) is 0 Å². The molecule has 3 aliphatic rings. The first-order valence-electron chi connectivity index (χ1n) is 10.6. The maximum Gasteiger partial charge on any atom is 0.331 e. The van der Waals surface area contributed by atoms with Crippen molar-refractivity contribution in [3.05, 3.63) is 69.3 Å². The molecule has 0 aromatic heterocycles. The first-order valence-corrected chi connectivity index (χ1v) is 10.6. The van der Waals surface area contributed by atoms with E-state index in [9.17, 15) is 24.5 Å². The Morgan fingerprint density at radius 1 is 1.15 bits per heavy atom. The summed E-state index contributed by atoms with van der Waals surface area (Å²) in [5.74, 6) is -3.64. The molecule has 2 amide bonds. The molecule has 2 saturated heterocycles. The van der Waals surface area contributed by atoms with Gasteiger partial charge in [0.15, 0.2) is 6.04 Å². The van der Waals surface area contributed by atoms with Crippen LogP contribution in [0.2, 0.25) is 0 Å². The molecule has 0 bridgehead atoms. The molecule has 0 saturated carbocycles. The fourth-order valence-electron chi connectivity index (χ4n) is 5.06. The van der Waals surface area contributed by atoms with Crippen molar-refractivity contribution in [1.82, 2.24) is 5.01 Å². The minimum Gasteiger partial charge on any atom is -0.464 e. The van der Waals surface area contributed by atoms with E-state index >= 15 is 0 Å². The quantitative estimate of drug-likeness (QED) is 0.304. The SMILES string of the molecule is CCOC(=O)[C@@H]1[C@@H]2C(=O)N(c3cc([N+](=O)[O-])ccc3C)C(=O)[C@@H]2[C@H]2c3ccccc3C=NN12. The number of anilines is 1. The first kappa shape index (κ1) is 20.8. The van der Waals surface area contributed by atoms with E-state index in [1.54, 1.807) is 20.1 Å². The first-order chi connectivity index (χ1) is 15.8. The number of nitro benzene ring substituents is 1. The molecule has 0 radical (unpaired) electrons. The number of aryl methyl sites for hydroxylation is 1. The van der Waals surface area contributed by atoms with E-state index in [-0.39, 0.29) is 18.0 Å². The molecular weight excluding hydrogens is 428 g/mol. The van der Waals surface area contributed by atoms with Gasteiger partial charge in [0.2, 0.25) is 11.8 Å². The largest absolute Gasteiger partial charge is 0.464 e. The lowest BCUT2D eigenvalue weighted by molar-refractivity contribution is -0.384. The van der Waals surface area contributed by atoms with Crippen LogP contribution >= 0.6 is 0 Å². The van der Waals surface area contributed by atoms with Crippen LogP contribution in [0, 0.1) is 28.9 Å². The summed E-state index contributed by atoms with van der Waals surface area (Å²) < 4.78 is 5.24. The van der Waals surface area contributed by atoms with Gasteiger partial charge >= 0.3 is 5.97 Å². The van der Waals surface area contributed by atoms with Gasteiger partial charge in [-0.05, 0) is 30.5 Å². The van der Waals surface area contributed by atoms with Gasteiger partial charge in [-0.2, -0.15) is 5.10 Å². The number of imide groups is 1. The zero-order valence-corrected chi connectivity index (χ0v) is 17.9. The normalized spacial score (nSPS) is 25.0. The highest BCUT2D eigenvalue weighted by Gasteiger charge is 2.66. The molecule has 33 heavy (non-hydrogen) atoms. The minimum absolute atomic E-state index is 0.112. The average molecular weight is 448 g/mol. The van der Waals surface area contributed by atoms with Crippen molar-refractivity contribution in [2.75, 3.05) is 11.5 Å². The summed E-state index contributed by atoms with van der Waals surface area (Å²) in [4.78, 5) is 52.1. The molecule has 0 spiro atoms. The smallest absolute Gasteiger partial charge is 0.331 e. The number of non-ortho nitro benzene ring substituents is 1. The Labute approximate surface area is 188 Å². The number of esters is 1. The number of carbonyl (C=O) groups is 3. The number of hydrogen-bond donors (Lipinski definition) is 0. The summed E-state index contributed by atoms with van der Waals surface area (Å²) in [5.41, 5.74) is 2.04. The molecule has 2 aromatic rings. The Morgan fingerprint density at radius 3 is 2.61 bits per heavy atom. The molecule has 168 valence electrons. The van der Waals surface area contributed by atoms with Crippen molar-refractivity contribution in [1.29, 1.82) is 0 Å². The zero-order valence-electron chi connectivity index (χ0n) is 17.9. The number of ether oxygens (including phenoxy) is 1. The predicted octanol–water partition coefficient (Wildman–Crippen LogP) is 2.34. The average Bonchev–Trinajstić information content (AvgIpc) is 3.27. The van der Waals surface area contributed by atoms with E-state index in [0.717, 1.165) is 16.0 Å². The topological polar surface area (TPSA) is 122 Å². The van der Waals surface area contributed by atoms with Crippen LogP contribution in [0.3, 0.4) is 0 Å². The van der Waals surface area contributed by atoms with Crippen LogP contribution in [0.15, 0.2) is 47.6 Å². The number of hydrazone groups is 1. The van der Waals surface area contributed by atoms with E-state index in [1.807, 2.05) is 24.3 Å². The van der Waals surface area contributed by atoms with Crippen molar-refractivity contribution >= 4 is 35.4 Å². The van der Waals surface area contributed by atoms with E-state index in [1.165, 1.54) is 23.2 Å². The summed E-state index contributed by atoms with van der Waals surface area (Å²) in [5, 5.41) is 17.2. The zero-order chi connectivity index (χ0) is 23.4. The molecule has 5 rings (SSSR count). The number of carbonyl (C=O) groups excluding carboxylic acids is 3. The summed E-state index contributed by atoms with van der Waals surface area (Å²) in [6, 6.07) is 9.70. The molecule has 3 heterocycles. The molecule has 2 fully saturated rings. The highest BCUT2D eigenvalue weighted by atomic mass is 16.6. The van der Waals surface area contributed by atoms with Gasteiger partial charge in [-0.1, -0.05) is 30.3 Å². The summed E-state index contributed by atoms with van der Waals surface area (Å²) >= 11 is 0. The van der Waals surface area contributed by atoms with Crippen LogP contribution in [0.25, 0.3) is 0 Å². The Bertz CT molecular complexity index is 1240. The molecule has 0 N–H and O–H groups in total. The maximum absolute atomic E-state index is 13.7. The molecule has 10 heteroatoms. The third kappa shape index (κ3) is 2.94. The predicted molar refractivity (Wildman–Crippen MR) is 116 cm³/mol. The van der Waals surface area contributed by atoms with E-state index < -0.39 is 46.6 Å². The Balaban J connectivity index is 1.65.